The number of carbonyl (C=O) groups excluding carboxylic acids is 1. The van der Waals surface area contributed by atoms with E-state index in [0.717, 1.165) is 5.56 Å². The van der Waals surface area contributed by atoms with Crippen LogP contribution in [0.1, 0.15) is 16.4 Å². The normalized spacial score (nSPS) is 25.1. The van der Waals surface area contributed by atoms with E-state index in [-0.39, 0.29) is 30.2 Å². The van der Waals surface area contributed by atoms with E-state index in [1.54, 1.807) is 36.1 Å². The van der Waals surface area contributed by atoms with Crippen LogP contribution in [0.5, 0.6) is 5.75 Å². The number of benzene rings is 2. The van der Waals surface area contributed by atoms with Gasteiger partial charge in [-0.15, -0.1) is 5.10 Å². The zero-order valence-electron chi connectivity index (χ0n) is 16.3. The van der Waals surface area contributed by atoms with Crippen molar-refractivity contribution < 1.29 is 19.0 Å². The molecule has 4 unspecified atom stereocenters. The van der Waals surface area contributed by atoms with Crippen molar-refractivity contribution in [2.45, 2.75) is 24.3 Å². The van der Waals surface area contributed by atoms with Gasteiger partial charge in [0.05, 0.1) is 26.4 Å². The lowest BCUT2D eigenvalue weighted by molar-refractivity contribution is 0.0615. The zero-order chi connectivity index (χ0) is 20.5. The van der Waals surface area contributed by atoms with E-state index >= 15 is 0 Å². The number of aromatic nitrogens is 4. The summed E-state index contributed by atoms with van der Waals surface area (Å²) in [6.07, 6.45) is -0.498. The molecule has 2 saturated heterocycles. The molecule has 4 atom stereocenters. The summed E-state index contributed by atoms with van der Waals surface area (Å²) in [5.41, 5.74) is 1.48. The fourth-order valence-corrected chi connectivity index (χ4v) is 4.00. The van der Waals surface area contributed by atoms with Crippen LogP contribution in [0.2, 0.25) is 0 Å². The third-order valence-corrected chi connectivity index (χ3v) is 5.53. The summed E-state index contributed by atoms with van der Waals surface area (Å²) in [5, 5.41) is 15.2. The van der Waals surface area contributed by atoms with Crippen molar-refractivity contribution in [1.82, 2.24) is 25.5 Å². The Hall–Kier alpha value is -3.30. The van der Waals surface area contributed by atoms with Gasteiger partial charge in [0.15, 0.2) is 5.82 Å². The Bertz CT molecular complexity index is 1020. The topological polar surface area (TPSA) is 100 Å². The highest BCUT2D eigenvalue weighted by Crippen LogP contribution is 2.35. The van der Waals surface area contributed by atoms with Gasteiger partial charge in [0.25, 0.3) is 5.91 Å². The molecule has 2 aliphatic heterocycles. The van der Waals surface area contributed by atoms with E-state index in [1.165, 1.54) is 0 Å². The Kier molecular flexibility index (Phi) is 4.89. The summed E-state index contributed by atoms with van der Waals surface area (Å²) >= 11 is 0. The first kappa shape index (κ1) is 18.7. The van der Waals surface area contributed by atoms with Gasteiger partial charge in [0, 0.05) is 11.1 Å². The fourth-order valence-electron chi connectivity index (χ4n) is 4.00. The van der Waals surface area contributed by atoms with Gasteiger partial charge in [-0.05, 0) is 34.7 Å². The predicted octanol–water partition coefficient (Wildman–Crippen LogP) is 1.49. The number of nitrogens with one attached hydrogen (secondary N) is 1. The molecule has 2 aliphatic rings. The fraction of sp³-hybridized carbons (Fsp3) is 0.333. The number of ether oxygens (including phenoxy) is 3. The Balaban J connectivity index is 1.30. The van der Waals surface area contributed by atoms with Crippen LogP contribution in [-0.2, 0) is 9.47 Å². The summed E-state index contributed by atoms with van der Waals surface area (Å²) in [7, 11) is 1.59. The highest BCUT2D eigenvalue weighted by atomic mass is 16.6. The number of methoxy groups -OCH3 is 1. The third kappa shape index (κ3) is 3.31. The largest absolute Gasteiger partial charge is 0.497 e. The molecule has 0 aliphatic carbocycles. The zero-order valence-corrected chi connectivity index (χ0v) is 16.3. The maximum atomic E-state index is 12.6. The first-order chi connectivity index (χ1) is 14.7. The van der Waals surface area contributed by atoms with Crippen LogP contribution in [0.4, 0.5) is 0 Å². The molecule has 1 aromatic heterocycles. The molecule has 0 bridgehead atoms. The maximum Gasteiger partial charge on any atom is 0.251 e. The monoisotopic (exact) mass is 407 g/mol. The van der Waals surface area contributed by atoms with Crippen LogP contribution < -0.4 is 10.1 Å². The number of rotatable bonds is 5. The number of tetrazole rings is 1. The molecular weight excluding hydrogens is 386 g/mol. The molecule has 0 saturated carbocycles. The summed E-state index contributed by atoms with van der Waals surface area (Å²) in [6.45, 7) is 0.783. The van der Waals surface area contributed by atoms with Crippen molar-refractivity contribution >= 4 is 5.91 Å². The average Bonchev–Trinajstić information content (AvgIpc) is 3.52. The number of carbonyl (C=O) groups is 1. The molecule has 3 heterocycles. The molecule has 0 spiro atoms. The molecule has 9 nitrogen and oxygen atoms in total. The second-order valence-electron chi connectivity index (χ2n) is 7.28. The van der Waals surface area contributed by atoms with Crippen molar-refractivity contribution in [3.8, 4) is 17.1 Å². The summed E-state index contributed by atoms with van der Waals surface area (Å²) < 4.78 is 18.9. The van der Waals surface area contributed by atoms with Gasteiger partial charge >= 0.3 is 0 Å². The number of hydrogen-bond donors (Lipinski definition) is 1. The lowest BCUT2D eigenvalue weighted by Crippen LogP contribution is -2.44. The molecular formula is C21H21N5O4. The van der Waals surface area contributed by atoms with Gasteiger partial charge < -0.3 is 19.5 Å². The van der Waals surface area contributed by atoms with Crippen LogP contribution in [0.3, 0.4) is 0 Å². The molecule has 2 fully saturated rings. The smallest absolute Gasteiger partial charge is 0.251 e. The number of nitrogens with zero attached hydrogens (tertiary/aromatic N) is 4. The van der Waals surface area contributed by atoms with Crippen molar-refractivity contribution in [2.75, 3.05) is 20.3 Å². The van der Waals surface area contributed by atoms with Crippen LogP contribution in [-0.4, -0.2) is 64.7 Å². The Morgan fingerprint density at radius 2 is 1.83 bits per heavy atom. The van der Waals surface area contributed by atoms with Crippen LogP contribution in [0.15, 0.2) is 54.6 Å². The second kappa shape index (κ2) is 7.85. The third-order valence-electron chi connectivity index (χ3n) is 5.53. The van der Waals surface area contributed by atoms with Crippen LogP contribution >= 0.6 is 0 Å². The van der Waals surface area contributed by atoms with Gasteiger partial charge in [-0.25, -0.2) is 4.68 Å². The van der Waals surface area contributed by atoms with E-state index in [9.17, 15) is 4.79 Å². The average molecular weight is 407 g/mol. The maximum absolute atomic E-state index is 12.6. The lowest BCUT2D eigenvalue weighted by Gasteiger charge is -2.18. The summed E-state index contributed by atoms with van der Waals surface area (Å²) in [5.74, 6) is 1.19. The predicted molar refractivity (Wildman–Crippen MR) is 106 cm³/mol. The van der Waals surface area contributed by atoms with E-state index in [2.05, 4.69) is 20.8 Å². The van der Waals surface area contributed by atoms with E-state index in [0.29, 0.717) is 30.4 Å². The summed E-state index contributed by atoms with van der Waals surface area (Å²) in [4.78, 5) is 12.6. The molecule has 2 aromatic carbocycles. The highest BCUT2D eigenvalue weighted by Gasteiger charge is 2.50. The molecule has 154 valence electrons. The van der Waals surface area contributed by atoms with E-state index < -0.39 is 0 Å². The second-order valence-corrected chi connectivity index (χ2v) is 7.28. The van der Waals surface area contributed by atoms with Crippen LogP contribution in [0, 0.1) is 0 Å². The van der Waals surface area contributed by atoms with Crippen molar-refractivity contribution in [3.63, 3.8) is 0 Å². The standard InChI is InChI=1S/C21H21N5O4/c1-28-15-9-7-14(8-10-15)21(27)22-16-11-29-19-17(12-30-18(16)19)26-20(23-24-25-26)13-5-3-2-4-6-13/h2-10,16-19H,11-12H2,1H3,(H,22,27). The van der Waals surface area contributed by atoms with Crippen LogP contribution in [0.25, 0.3) is 11.4 Å². The van der Waals surface area contributed by atoms with Crippen molar-refractivity contribution in [1.29, 1.82) is 0 Å². The number of fused-ring (bicyclic) bond motifs is 1. The molecule has 1 N–H and O–H groups in total. The molecule has 3 aromatic rings. The first-order valence-corrected chi connectivity index (χ1v) is 9.76. The minimum Gasteiger partial charge on any atom is -0.497 e. The van der Waals surface area contributed by atoms with E-state index in [4.69, 9.17) is 14.2 Å². The molecule has 9 heteroatoms. The van der Waals surface area contributed by atoms with Crippen molar-refractivity contribution in [2.24, 2.45) is 0 Å². The van der Waals surface area contributed by atoms with Gasteiger partial charge in [-0.1, -0.05) is 30.3 Å². The molecule has 5 rings (SSSR count). The Morgan fingerprint density at radius 1 is 1.07 bits per heavy atom. The highest BCUT2D eigenvalue weighted by molar-refractivity contribution is 5.94. The minimum atomic E-state index is -0.259. The van der Waals surface area contributed by atoms with Crippen molar-refractivity contribution in [3.05, 3.63) is 60.2 Å². The minimum absolute atomic E-state index is 0.164. The Morgan fingerprint density at radius 3 is 2.60 bits per heavy atom. The molecule has 1 amide bonds. The number of amides is 1. The van der Waals surface area contributed by atoms with Gasteiger partial charge in [0.2, 0.25) is 0 Å². The Labute approximate surface area is 172 Å². The first-order valence-electron chi connectivity index (χ1n) is 9.76. The quantitative estimate of drug-likeness (QED) is 0.684. The molecule has 30 heavy (non-hydrogen) atoms. The lowest BCUT2D eigenvalue weighted by atomic mass is 10.1. The van der Waals surface area contributed by atoms with Gasteiger partial charge in [0.1, 0.15) is 24.0 Å². The molecule has 0 radical (unpaired) electrons. The van der Waals surface area contributed by atoms with E-state index in [1.807, 2.05) is 30.3 Å². The SMILES string of the molecule is COc1ccc(C(=O)NC2COC3C2OCC3n2nnnc2-c2ccccc2)cc1. The summed E-state index contributed by atoms with van der Waals surface area (Å²) in [6, 6.07) is 16.3. The number of hydrogen-bond acceptors (Lipinski definition) is 7. The van der Waals surface area contributed by atoms with Gasteiger partial charge in [-0.2, -0.15) is 0 Å². The van der Waals surface area contributed by atoms with Gasteiger partial charge in [-0.3, -0.25) is 4.79 Å².